The predicted molar refractivity (Wildman–Crippen MR) is 99.5 cm³/mol. The number of anilines is 1. The van der Waals surface area contributed by atoms with Crippen LogP contribution in [0.4, 0.5) is 5.69 Å². The van der Waals surface area contributed by atoms with E-state index < -0.39 is 0 Å². The Kier molecular flexibility index (Phi) is 3.86. The zero-order chi connectivity index (χ0) is 17.6. The van der Waals surface area contributed by atoms with Crippen LogP contribution in [0, 0.1) is 0 Å². The van der Waals surface area contributed by atoms with Gasteiger partial charge in [0.25, 0.3) is 5.56 Å². The standard InChI is InChI=1S/C17H13Cl2N5O/c1-23-16(25)11-4-2-3-5-14(11)24-15(21-22-17(23)24)9-20-13-8-10(18)6-7-12(13)19/h2-8,20H,9H2,1H3. The van der Waals surface area contributed by atoms with E-state index in [1.54, 1.807) is 31.3 Å². The molecule has 0 spiro atoms. The monoisotopic (exact) mass is 373 g/mol. The Hall–Kier alpha value is -2.57. The average molecular weight is 374 g/mol. The fourth-order valence-electron chi connectivity index (χ4n) is 2.81. The summed E-state index contributed by atoms with van der Waals surface area (Å²) in [5.41, 5.74) is 1.37. The third-order valence-corrected chi connectivity index (χ3v) is 4.62. The summed E-state index contributed by atoms with van der Waals surface area (Å²) in [6, 6.07) is 12.6. The van der Waals surface area contributed by atoms with Crippen molar-refractivity contribution in [3.8, 4) is 0 Å². The van der Waals surface area contributed by atoms with Gasteiger partial charge < -0.3 is 5.32 Å². The first-order valence-corrected chi connectivity index (χ1v) is 8.32. The minimum absolute atomic E-state index is 0.104. The molecule has 25 heavy (non-hydrogen) atoms. The fraction of sp³-hybridized carbons (Fsp3) is 0.118. The van der Waals surface area contributed by atoms with Crippen molar-refractivity contribution in [1.29, 1.82) is 0 Å². The van der Waals surface area contributed by atoms with E-state index in [1.807, 2.05) is 22.6 Å². The maximum atomic E-state index is 12.4. The zero-order valence-electron chi connectivity index (χ0n) is 13.2. The van der Waals surface area contributed by atoms with Gasteiger partial charge >= 0.3 is 0 Å². The third-order valence-electron chi connectivity index (χ3n) is 4.06. The molecule has 0 saturated heterocycles. The molecule has 2 aromatic heterocycles. The van der Waals surface area contributed by atoms with Crippen LogP contribution in [0.2, 0.25) is 10.0 Å². The van der Waals surface area contributed by atoms with Crippen molar-refractivity contribution in [2.45, 2.75) is 6.54 Å². The number of hydrogen-bond acceptors (Lipinski definition) is 4. The highest BCUT2D eigenvalue weighted by Crippen LogP contribution is 2.26. The van der Waals surface area contributed by atoms with Gasteiger partial charge in [0.1, 0.15) is 0 Å². The first-order chi connectivity index (χ1) is 12.1. The number of aryl methyl sites for hydroxylation is 1. The van der Waals surface area contributed by atoms with E-state index in [0.717, 1.165) is 5.52 Å². The summed E-state index contributed by atoms with van der Waals surface area (Å²) in [4.78, 5) is 12.4. The van der Waals surface area contributed by atoms with E-state index >= 15 is 0 Å². The molecule has 4 aromatic rings. The molecule has 0 aliphatic carbocycles. The van der Waals surface area contributed by atoms with Gasteiger partial charge in [-0.05, 0) is 30.3 Å². The van der Waals surface area contributed by atoms with Gasteiger partial charge in [0.05, 0.1) is 28.2 Å². The average Bonchev–Trinajstić information content (AvgIpc) is 3.05. The van der Waals surface area contributed by atoms with Crippen molar-refractivity contribution in [1.82, 2.24) is 19.2 Å². The molecule has 0 radical (unpaired) electrons. The summed E-state index contributed by atoms with van der Waals surface area (Å²) >= 11 is 12.2. The Balaban J connectivity index is 1.83. The largest absolute Gasteiger partial charge is 0.376 e. The lowest BCUT2D eigenvalue weighted by Crippen LogP contribution is -2.20. The second-order valence-electron chi connectivity index (χ2n) is 5.61. The summed E-state index contributed by atoms with van der Waals surface area (Å²) in [5, 5.41) is 13.4. The molecule has 0 saturated carbocycles. The number of fused-ring (bicyclic) bond motifs is 3. The van der Waals surface area contributed by atoms with Crippen LogP contribution in [0.5, 0.6) is 0 Å². The quantitative estimate of drug-likeness (QED) is 0.596. The predicted octanol–water partition coefficient (Wildman–Crippen LogP) is 3.50. The van der Waals surface area contributed by atoms with Crippen LogP contribution in [-0.4, -0.2) is 19.2 Å². The summed E-state index contributed by atoms with van der Waals surface area (Å²) < 4.78 is 3.35. The molecule has 0 aliphatic rings. The first-order valence-electron chi connectivity index (χ1n) is 7.57. The molecular formula is C17H13Cl2N5O. The van der Waals surface area contributed by atoms with Crippen molar-refractivity contribution in [2.75, 3.05) is 5.32 Å². The van der Waals surface area contributed by atoms with E-state index in [0.29, 0.717) is 39.3 Å². The van der Waals surface area contributed by atoms with Crippen molar-refractivity contribution in [3.05, 3.63) is 68.7 Å². The molecule has 0 aliphatic heterocycles. The molecule has 0 atom stereocenters. The molecule has 2 aromatic carbocycles. The van der Waals surface area contributed by atoms with E-state index in [-0.39, 0.29) is 5.56 Å². The molecular weight excluding hydrogens is 361 g/mol. The van der Waals surface area contributed by atoms with Gasteiger partial charge in [-0.15, -0.1) is 10.2 Å². The van der Waals surface area contributed by atoms with E-state index in [1.165, 1.54) is 4.57 Å². The minimum atomic E-state index is -0.104. The Labute approximate surface area is 152 Å². The molecule has 2 heterocycles. The molecule has 1 N–H and O–H groups in total. The third kappa shape index (κ3) is 2.63. The molecule has 0 bridgehead atoms. The van der Waals surface area contributed by atoms with Crippen LogP contribution < -0.4 is 10.9 Å². The first kappa shape index (κ1) is 15.9. The summed E-state index contributed by atoms with van der Waals surface area (Å²) in [6.45, 7) is 0.378. The van der Waals surface area contributed by atoms with Crippen molar-refractivity contribution in [3.63, 3.8) is 0 Å². The SMILES string of the molecule is Cn1c(=O)c2ccccc2n2c(CNc3cc(Cl)ccc3Cl)nnc12. The Morgan fingerprint density at radius 3 is 2.76 bits per heavy atom. The second kappa shape index (κ2) is 6.06. The molecule has 8 heteroatoms. The number of nitrogens with one attached hydrogen (secondary N) is 1. The maximum Gasteiger partial charge on any atom is 0.262 e. The molecule has 0 unspecified atom stereocenters. The maximum absolute atomic E-state index is 12.4. The molecule has 4 rings (SSSR count). The van der Waals surface area contributed by atoms with E-state index in [9.17, 15) is 4.79 Å². The van der Waals surface area contributed by atoms with Gasteiger partial charge in [-0.1, -0.05) is 35.3 Å². The van der Waals surface area contributed by atoms with Crippen LogP contribution in [-0.2, 0) is 13.6 Å². The van der Waals surface area contributed by atoms with E-state index in [2.05, 4.69) is 15.5 Å². The van der Waals surface area contributed by atoms with Gasteiger partial charge in [0.2, 0.25) is 5.78 Å². The lowest BCUT2D eigenvalue weighted by atomic mass is 10.2. The highest BCUT2D eigenvalue weighted by Gasteiger charge is 2.14. The number of hydrogen-bond donors (Lipinski definition) is 1. The number of para-hydroxylation sites is 1. The zero-order valence-corrected chi connectivity index (χ0v) is 14.7. The lowest BCUT2D eigenvalue weighted by Gasteiger charge is -2.10. The van der Waals surface area contributed by atoms with E-state index in [4.69, 9.17) is 23.2 Å². The summed E-state index contributed by atoms with van der Waals surface area (Å²) in [6.07, 6.45) is 0. The second-order valence-corrected chi connectivity index (χ2v) is 6.45. The Bertz CT molecular complexity index is 1170. The van der Waals surface area contributed by atoms with Gasteiger partial charge in [-0.3, -0.25) is 13.8 Å². The molecule has 6 nitrogen and oxygen atoms in total. The topological polar surface area (TPSA) is 64.2 Å². The van der Waals surface area contributed by atoms with Crippen LogP contribution in [0.3, 0.4) is 0 Å². The number of nitrogens with zero attached hydrogens (tertiary/aromatic N) is 4. The number of aromatic nitrogens is 4. The van der Waals surface area contributed by atoms with Gasteiger partial charge in [-0.25, -0.2) is 0 Å². The van der Waals surface area contributed by atoms with Crippen molar-refractivity contribution >= 4 is 45.6 Å². The van der Waals surface area contributed by atoms with Crippen LogP contribution >= 0.6 is 23.2 Å². The number of rotatable bonds is 3. The summed E-state index contributed by atoms with van der Waals surface area (Å²) in [7, 11) is 1.68. The van der Waals surface area contributed by atoms with Crippen LogP contribution in [0.15, 0.2) is 47.3 Å². The highest BCUT2D eigenvalue weighted by molar-refractivity contribution is 6.35. The normalized spacial score (nSPS) is 11.3. The van der Waals surface area contributed by atoms with Crippen molar-refractivity contribution in [2.24, 2.45) is 7.05 Å². The molecule has 0 fully saturated rings. The Morgan fingerprint density at radius 2 is 1.92 bits per heavy atom. The lowest BCUT2D eigenvalue weighted by molar-refractivity contribution is 0.855. The number of halogens is 2. The Morgan fingerprint density at radius 1 is 1.12 bits per heavy atom. The highest BCUT2D eigenvalue weighted by atomic mass is 35.5. The van der Waals surface area contributed by atoms with Crippen molar-refractivity contribution < 1.29 is 0 Å². The van der Waals surface area contributed by atoms with Gasteiger partial charge in [0.15, 0.2) is 5.82 Å². The molecule has 126 valence electrons. The minimum Gasteiger partial charge on any atom is -0.376 e. The smallest absolute Gasteiger partial charge is 0.262 e. The summed E-state index contributed by atoms with van der Waals surface area (Å²) in [5.74, 6) is 1.15. The van der Waals surface area contributed by atoms with Gasteiger partial charge in [0, 0.05) is 12.1 Å². The van der Waals surface area contributed by atoms with Gasteiger partial charge in [-0.2, -0.15) is 0 Å². The number of benzene rings is 2. The van der Waals surface area contributed by atoms with Crippen LogP contribution in [0.1, 0.15) is 5.82 Å². The van der Waals surface area contributed by atoms with Crippen LogP contribution in [0.25, 0.3) is 16.7 Å². The fourth-order valence-corrected chi connectivity index (χ4v) is 3.17. The molecule has 0 amide bonds.